The van der Waals surface area contributed by atoms with Crippen molar-refractivity contribution in [2.75, 3.05) is 13.1 Å². The highest BCUT2D eigenvalue weighted by molar-refractivity contribution is 6.62. The molecule has 0 amide bonds. The Kier molecular flexibility index (Phi) is 3.12. The number of aromatic hydroxyl groups is 1. The number of rotatable bonds is 2. The van der Waals surface area contributed by atoms with Gasteiger partial charge in [-0.3, -0.25) is 0 Å². The van der Waals surface area contributed by atoms with E-state index < -0.39 is 7.12 Å². The third-order valence-electron chi connectivity index (χ3n) is 4.81. The Morgan fingerprint density at radius 2 is 1.75 bits per heavy atom. The molecule has 2 aliphatic heterocycles. The highest BCUT2D eigenvalue weighted by Gasteiger charge is 2.52. The summed E-state index contributed by atoms with van der Waals surface area (Å²) >= 11 is 0. The quantitative estimate of drug-likeness (QED) is 0.801. The minimum Gasteiger partial charge on any atom is -0.508 e. The van der Waals surface area contributed by atoms with Gasteiger partial charge in [0.2, 0.25) is 0 Å². The molecule has 2 saturated heterocycles. The summed E-state index contributed by atoms with van der Waals surface area (Å²) < 4.78 is 12.2. The normalized spacial score (nSPS) is 24.7. The summed E-state index contributed by atoms with van der Waals surface area (Å²) in [4.78, 5) is 0. The van der Waals surface area contributed by atoms with Gasteiger partial charge in [0.05, 0.1) is 11.2 Å². The lowest BCUT2D eigenvalue weighted by atomic mass is 9.71. The van der Waals surface area contributed by atoms with Crippen molar-refractivity contribution in [3.63, 3.8) is 0 Å². The van der Waals surface area contributed by atoms with Gasteiger partial charge in [-0.05, 0) is 44.8 Å². The summed E-state index contributed by atoms with van der Waals surface area (Å²) in [5.41, 5.74) is 1.19. The predicted octanol–water partition coefficient (Wildman–Crippen LogP) is 1.38. The Morgan fingerprint density at radius 1 is 1.15 bits per heavy atom. The van der Waals surface area contributed by atoms with Gasteiger partial charge in [-0.15, -0.1) is 0 Å². The van der Waals surface area contributed by atoms with Gasteiger partial charge >= 0.3 is 7.12 Å². The van der Waals surface area contributed by atoms with Gasteiger partial charge in [0, 0.05) is 19.0 Å². The van der Waals surface area contributed by atoms with E-state index in [9.17, 15) is 5.11 Å². The van der Waals surface area contributed by atoms with Gasteiger partial charge in [-0.2, -0.15) is 0 Å². The van der Waals surface area contributed by atoms with Crippen LogP contribution in [0.25, 0.3) is 0 Å². The minimum atomic E-state index is -0.414. The zero-order chi connectivity index (χ0) is 14.5. The van der Waals surface area contributed by atoms with Crippen LogP contribution < -0.4 is 10.8 Å². The molecule has 2 fully saturated rings. The van der Waals surface area contributed by atoms with Gasteiger partial charge in [0.25, 0.3) is 0 Å². The second-order valence-corrected chi connectivity index (χ2v) is 6.72. The monoisotopic (exact) mass is 275 g/mol. The molecule has 0 radical (unpaired) electrons. The molecule has 0 aromatic heterocycles. The first-order valence-electron chi connectivity index (χ1n) is 7.20. The maximum atomic E-state index is 10.2. The fourth-order valence-corrected chi connectivity index (χ4v) is 2.68. The maximum absolute atomic E-state index is 10.2. The molecular formula is C15H22BNO3. The summed E-state index contributed by atoms with van der Waals surface area (Å²) in [6.45, 7) is 9.95. The maximum Gasteiger partial charge on any atom is 0.495 e. The molecule has 0 saturated carbocycles. The van der Waals surface area contributed by atoms with E-state index in [2.05, 4.69) is 5.32 Å². The second-order valence-electron chi connectivity index (χ2n) is 6.72. The molecule has 2 heterocycles. The van der Waals surface area contributed by atoms with Crippen molar-refractivity contribution in [3.05, 3.63) is 23.8 Å². The molecule has 20 heavy (non-hydrogen) atoms. The second kappa shape index (κ2) is 4.48. The van der Waals surface area contributed by atoms with Crippen LogP contribution in [-0.2, 0) is 9.31 Å². The van der Waals surface area contributed by atoms with E-state index >= 15 is 0 Å². The number of hydrogen-bond acceptors (Lipinski definition) is 4. The van der Waals surface area contributed by atoms with Gasteiger partial charge in [0.15, 0.2) is 0 Å². The van der Waals surface area contributed by atoms with Gasteiger partial charge in [0.1, 0.15) is 5.75 Å². The van der Waals surface area contributed by atoms with Crippen LogP contribution in [0.3, 0.4) is 0 Å². The molecule has 2 N–H and O–H groups in total. The Labute approximate surface area is 120 Å². The number of benzene rings is 1. The third-order valence-corrected chi connectivity index (χ3v) is 4.81. The first-order chi connectivity index (χ1) is 9.32. The van der Waals surface area contributed by atoms with E-state index in [1.54, 1.807) is 6.07 Å². The smallest absolute Gasteiger partial charge is 0.495 e. The lowest BCUT2D eigenvalue weighted by molar-refractivity contribution is 0.00578. The van der Waals surface area contributed by atoms with Crippen molar-refractivity contribution in [1.82, 2.24) is 5.32 Å². The van der Waals surface area contributed by atoms with Gasteiger partial charge in [-0.1, -0.05) is 12.1 Å². The molecule has 0 aliphatic carbocycles. The molecular weight excluding hydrogens is 253 g/mol. The van der Waals surface area contributed by atoms with Gasteiger partial charge in [-0.25, -0.2) is 0 Å². The Bertz CT molecular complexity index is 510. The summed E-state index contributed by atoms with van der Waals surface area (Å²) in [7, 11) is -0.414. The first-order valence-corrected chi connectivity index (χ1v) is 7.20. The summed E-state index contributed by atoms with van der Waals surface area (Å²) in [6.07, 6.45) is 0. The number of hydrogen-bond donors (Lipinski definition) is 2. The van der Waals surface area contributed by atoms with E-state index in [-0.39, 0.29) is 11.2 Å². The van der Waals surface area contributed by atoms with Crippen molar-refractivity contribution >= 4 is 12.6 Å². The number of nitrogens with one attached hydrogen (secondary N) is 1. The summed E-state index contributed by atoms with van der Waals surface area (Å²) in [5, 5.41) is 13.5. The highest BCUT2D eigenvalue weighted by Crippen LogP contribution is 2.38. The van der Waals surface area contributed by atoms with E-state index in [4.69, 9.17) is 9.31 Å². The molecule has 1 aromatic carbocycles. The molecule has 5 heteroatoms. The van der Waals surface area contributed by atoms with Crippen LogP contribution in [0, 0.1) is 0 Å². The number of phenols is 1. The van der Waals surface area contributed by atoms with E-state index in [1.165, 1.54) is 0 Å². The summed E-state index contributed by atoms with van der Waals surface area (Å²) in [5.74, 6) is 0.675. The Morgan fingerprint density at radius 3 is 2.25 bits per heavy atom. The third kappa shape index (κ3) is 2.05. The summed E-state index contributed by atoms with van der Waals surface area (Å²) in [6, 6.07) is 5.59. The van der Waals surface area contributed by atoms with Crippen molar-refractivity contribution in [3.8, 4) is 5.75 Å². The molecule has 108 valence electrons. The molecule has 1 aromatic rings. The minimum absolute atomic E-state index is 0.337. The van der Waals surface area contributed by atoms with Crippen LogP contribution in [0.2, 0.25) is 0 Å². The van der Waals surface area contributed by atoms with Crippen LogP contribution in [0.1, 0.15) is 39.2 Å². The SMILES string of the molecule is CC1(C)OB(c2cccc(O)c2C2CNC2)OC1(C)C. The highest BCUT2D eigenvalue weighted by atomic mass is 16.7. The van der Waals surface area contributed by atoms with Crippen LogP contribution in [0.4, 0.5) is 0 Å². The Balaban J connectivity index is 1.97. The molecule has 0 spiro atoms. The van der Waals surface area contributed by atoms with Crippen LogP contribution in [0.5, 0.6) is 5.75 Å². The molecule has 0 unspecified atom stereocenters. The molecule has 4 nitrogen and oxygen atoms in total. The van der Waals surface area contributed by atoms with Crippen LogP contribution in [0.15, 0.2) is 18.2 Å². The lowest BCUT2D eigenvalue weighted by Crippen LogP contribution is -2.45. The van der Waals surface area contributed by atoms with E-state index in [0.717, 1.165) is 24.1 Å². The predicted molar refractivity (Wildman–Crippen MR) is 79.4 cm³/mol. The molecule has 0 bridgehead atoms. The average Bonchev–Trinajstić information content (AvgIpc) is 2.48. The van der Waals surface area contributed by atoms with E-state index in [1.807, 2.05) is 39.8 Å². The van der Waals surface area contributed by atoms with E-state index in [0.29, 0.717) is 11.7 Å². The lowest BCUT2D eigenvalue weighted by Gasteiger charge is -2.32. The molecule has 3 rings (SSSR count). The topological polar surface area (TPSA) is 50.7 Å². The molecule has 0 atom stereocenters. The zero-order valence-corrected chi connectivity index (χ0v) is 12.6. The van der Waals surface area contributed by atoms with Crippen molar-refractivity contribution in [2.24, 2.45) is 0 Å². The first kappa shape index (κ1) is 13.9. The standard InChI is InChI=1S/C15H22BNO3/c1-14(2)15(3,4)20-16(19-14)11-6-5-7-12(18)13(11)10-8-17-9-10/h5-7,10,17-18H,8-9H2,1-4H3. The number of phenolic OH excluding ortho intramolecular Hbond substituents is 1. The fraction of sp³-hybridized carbons (Fsp3) is 0.600. The largest absolute Gasteiger partial charge is 0.508 e. The Hall–Kier alpha value is -1.04. The van der Waals surface area contributed by atoms with Crippen LogP contribution in [-0.4, -0.2) is 36.5 Å². The van der Waals surface area contributed by atoms with Crippen molar-refractivity contribution in [2.45, 2.75) is 44.8 Å². The van der Waals surface area contributed by atoms with Crippen LogP contribution >= 0.6 is 0 Å². The molecule has 2 aliphatic rings. The van der Waals surface area contributed by atoms with Gasteiger partial charge < -0.3 is 19.7 Å². The van der Waals surface area contributed by atoms with Crippen molar-refractivity contribution < 1.29 is 14.4 Å². The average molecular weight is 275 g/mol. The zero-order valence-electron chi connectivity index (χ0n) is 12.6. The fourth-order valence-electron chi connectivity index (χ4n) is 2.68. The van der Waals surface area contributed by atoms with Crippen molar-refractivity contribution in [1.29, 1.82) is 0 Å².